The molecule has 1 aliphatic carbocycles. The average Bonchev–Trinajstić information content (AvgIpc) is 3.52. The van der Waals surface area contributed by atoms with E-state index >= 15 is 0 Å². The largest absolute Gasteiger partial charge is 0.361 e. The molecule has 0 bridgehead atoms. The van der Waals surface area contributed by atoms with Gasteiger partial charge >= 0.3 is 0 Å². The van der Waals surface area contributed by atoms with E-state index in [9.17, 15) is 9.59 Å². The number of nitrogens with zero attached hydrogens (tertiary/aromatic N) is 2. The molecule has 5 heteroatoms. The van der Waals surface area contributed by atoms with Crippen LogP contribution in [0.25, 0.3) is 10.9 Å². The Labute approximate surface area is 203 Å². The number of hydrogen-bond acceptors (Lipinski definition) is 2. The molecule has 0 aliphatic heterocycles. The van der Waals surface area contributed by atoms with Gasteiger partial charge in [-0.3, -0.25) is 9.59 Å². The van der Waals surface area contributed by atoms with Gasteiger partial charge in [0.15, 0.2) is 0 Å². The van der Waals surface area contributed by atoms with Crippen LogP contribution in [0.2, 0.25) is 0 Å². The number of nitrogens with one attached hydrogen (secondary N) is 1. The number of hydrogen-bond donors (Lipinski definition) is 1. The molecule has 4 rings (SSSR count). The monoisotopic (exact) mass is 459 g/mol. The molecule has 3 aromatic rings. The summed E-state index contributed by atoms with van der Waals surface area (Å²) in [5.41, 5.74) is 3.43. The lowest BCUT2D eigenvalue weighted by molar-refractivity contribution is -0.143. The fourth-order valence-corrected chi connectivity index (χ4v) is 5.06. The zero-order chi connectivity index (χ0) is 23.9. The summed E-state index contributed by atoms with van der Waals surface area (Å²) >= 11 is 0. The Morgan fingerprint density at radius 1 is 0.971 bits per heavy atom. The molecule has 5 nitrogen and oxygen atoms in total. The predicted molar refractivity (Wildman–Crippen MR) is 137 cm³/mol. The van der Waals surface area contributed by atoms with Gasteiger partial charge in [-0.1, -0.05) is 75.2 Å². The van der Waals surface area contributed by atoms with E-state index in [4.69, 9.17) is 0 Å². The van der Waals surface area contributed by atoms with Gasteiger partial charge in [0.25, 0.3) is 0 Å². The molecule has 0 saturated heterocycles. The summed E-state index contributed by atoms with van der Waals surface area (Å²) in [7, 11) is 0. The van der Waals surface area contributed by atoms with E-state index in [0.717, 1.165) is 43.2 Å². The van der Waals surface area contributed by atoms with E-state index in [-0.39, 0.29) is 24.3 Å². The van der Waals surface area contributed by atoms with Crippen molar-refractivity contribution in [3.63, 3.8) is 0 Å². The molecule has 1 fully saturated rings. The maximum Gasteiger partial charge on any atom is 0.242 e. The van der Waals surface area contributed by atoms with Crippen LogP contribution in [-0.2, 0) is 22.6 Å². The van der Waals surface area contributed by atoms with Crippen molar-refractivity contribution in [2.75, 3.05) is 19.6 Å². The molecule has 1 heterocycles. The van der Waals surface area contributed by atoms with E-state index in [1.165, 1.54) is 10.9 Å². The number of rotatable bonds is 10. The van der Waals surface area contributed by atoms with Crippen molar-refractivity contribution < 1.29 is 9.59 Å². The first-order valence-electron chi connectivity index (χ1n) is 12.7. The van der Waals surface area contributed by atoms with Crippen LogP contribution >= 0.6 is 0 Å². The minimum absolute atomic E-state index is 0.0238. The highest BCUT2D eigenvalue weighted by atomic mass is 16.2. The minimum atomic E-state index is 0.0238. The summed E-state index contributed by atoms with van der Waals surface area (Å²) in [5, 5.41) is 1.20. The van der Waals surface area contributed by atoms with Gasteiger partial charge in [0.05, 0.1) is 6.54 Å². The lowest BCUT2D eigenvalue weighted by Gasteiger charge is -2.30. The molecule has 1 aromatic heterocycles. The van der Waals surface area contributed by atoms with Crippen LogP contribution in [0.15, 0.2) is 60.8 Å². The number of aromatic nitrogens is 1. The third-order valence-corrected chi connectivity index (χ3v) is 6.82. The number of benzene rings is 2. The van der Waals surface area contributed by atoms with E-state index in [1.807, 2.05) is 46.3 Å². The Bertz CT molecular complexity index is 1080. The number of amides is 2. The van der Waals surface area contributed by atoms with E-state index in [0.29, 0.717) is 25.6 Å². The number of aromatic amines is 1. The maximum absolute atomic E-state index is 13.6. The van der Waals surface area contributed by atoms with Gasteiger partial charge in [-0.05, 0) is 42.4 Å². The normalized spacial score (nSPS) is 14.1. The van der Waals surface area contributed by atoms with Crippen LogP contribution in [0.1, 0.15) is 50.7 Å². The van der Waals surface area contributed by atoms with Crippen LogP contribution in [0.3, 0.4) is 0 Å². The molecular weight excluding hydrogens is 422 g/mol. The third-order valence-electron chi connectivity index (χ3n) is 6.82. The Kier molecular flexibility index (Phi) is 8.04. The van der Waals surface area contributed by atoms with Gasteiger partial charge in [0.1, 0.15) is 0 Å². The highest BCUT2D eigenvalue weighted by molar-refractivity contribution is 5.86. The Balaban J connectivity index is 1.50. The number of carbonyl (C=O) groups is 2. The van der Waals surface area contributed by atoms with Gasteiger partial charge in [-0.15, -0.1) is 0 Å². The number of H-pyrrole nitrogens is 1. The summed E-state index contributed by atoms with van der Waals surface area (Å²) < 4.78 is 0. The molecule has 1 saturated carbocycles. The highest BCUT2D eigenvalue weighted by Gasteiger charge is 2.30. The van der Waals surface area contributed by atoms with Gasteiger partial charge in [0, 0.05) is 42.7 Å². The fraction of sp³-hybridized carbons (Fsp3) is 0.448. The van der Waals surface area contributed by atoms with Crippen LogP contribution in [-0.4, -0.2) is 46.2 Å². The van der Waals surface area contributed by atoms with E-state index in [1.54, 1.807) is 0 Å². The first-order chi connectivity index (χ1) is 16.5. The van der Waals surface area contributed by atoms with Crippen molar-refractivity contribution in [1.29, 1.82) is 0 Å². The van der Waals surface area contributed by atoms with Crippen molar-refractivity contribution in [1.82, 2.24) is 14.8 Å². The summed E-state index contributed by atoms with van der Waals surface area (Å²) in [5.74, 6) is 0.596. The van der Waals surface area contributed by atoms with Crippen molar-refractivity contribution in [2.24, 2.45) is 11.8 Å². The number of para-hydroxylation sites is 1. The zero-order valence-electron chi connectivity index (χ0n) is 20.5. The second kappa shape index (κ2) is 11.4. The molecule has 2 aromatic carbocycles. The fourth-order valence-electron chi connectivity index (χ4n) is 5.06. The number of carbonyl (C=O) groups excluding carboxylic acids is 2. The lowest BCUT2D eigenvalue weighted by atomic mass is 10.1. The molecule has 2 amide bonds. The van der Waals surface area contributed by atoms with Crippen LogP contribution in [0.5, 0.6) is 0 Å². The van der Waals surface area contributed by atoms with Crippen molar-refractivity contribution in [3.8, 4) is 0 Å². The zero-order valence-corrected chi connectivity index (χ0v) is 20.5. The topological polar surface area (TPSA) is 56.4 Å². The highest BCUT2D eigenvalue weighted by Crippen LogP contribution is 2.27. The predicted octanol–water partition coefficient (Wildman–Crippen LogP) is 5.41. The van der Waals surface area contributed by atoms with Gasteiger partial charge < -0.3 is 14.8 Å². The summed E-state index contributed by atoms with van der Waals surface area (Å²) in [4.78, 5) is 33.9. The first kappa shape index (κ1) is 24.1. The standard InChI is InChI=1S/C29H37N3O2/c1-22(2)19-32(29(34)24-12-6-7-13-24)21-28(33)31(20-23-10-4-3-5-11-23)17-16-25-18-30-27-15-9-8-14-26(25)27/h3-5,8-11,14-15,18,22,24,30H,6-7,12-13,16-17,19-21H2,1-2H3. The Hall–Kier alpha value is -3.08. The second-order valence-electron chi connectivity index (χ2n) is 10.0. The quantitative estimate of drug-likeness (QED) is 0.440. The Morgan fingerprint density at radius 2 is 1.68 bits per heavy atom. The van der Waals surface area contributed by atoms with Gasteiger partial charge in [0.2, 0.25) is 11.8 Å². The molecule has 1 N–H and O–H groups in total. The molecule has 180 valence electrons. The molecule has 1 aliphatic rings. The SMILES string of the molecule is CC(C)CN(CC(=O)N(CCc1c[nH]c2ccccc12)Cc1ccccc1)C(=O)C1CCCC1. The van der Waals surface area contributed by atoms with Crippen molar-refractivity contribution in [3.05, 3.63) is 71.9 Å². The minimum Gasteiger partial charge on any atom is -0.361 e. The van der Waals surface area contributed by atoms with Crippen molar-refractivity contribution >= 4 is 22.7 Å². The smallest absolute Gasteiger partial charge is 0.242 e. The molecule has 0 radical (unpaired) electrons. The van der Waals surface area contributed by atoms with E-state index in [2.05, 4.69) is 43.1 Å². The van der Waals surface area contributed by atoms with Crippen LogP contribution in [0.4, 0.5) is 0 Å². The summed E-state index contributed by atoms with van der Waals surface area (Å²) in [6.07, 6.45) is 6.95. The lowest BCUT2D eigenvalue weighted by Crippen LogP contribution is -2.46. The third kappa shape index (κ3) is 6.07. The van der Waals surface area contributed by atoms with Crippen LogP contribution in [0, 0.1) is 11.8 Å². The average molecular weight is 460 g/mol. The second-order valence-corrected chi connectivity index (χ2v) is 10.0. The van der Waals surface area contributed by atoms with E-state index < -0.39 is 0 Å². The maximum atomic E-state index is 13.6. The van der Waals surface area contributed by atoms with Crippen molar-refractivity contribution in [2.45, 2.75) is 52.5 Å². The molecule has 0 unspecified atom stereocenters. The molecule has 34 heavy (non-hydrogen) atoms. The van der Waals surface area contributed by atoms with Gasteiger partial charge in [-0.25, -0.2) is 0 Å². The van der Waals surface area contributed by atoms with Gasteiger partial charge in [-0.2, -0.15) is 0 Å². The molecule has 0 spiro atoms. The Morgan fingerprint density at radius 3 is 2.41 bits per heavy atom. The first-order valence-corrected chi connectivity index (χ1v) is 12.7. The van der Waals surface area contributed by atoms with Crippen LogP contribution < -0.4 is 0 Å². The summed E-state index contributed by atoms with van der Waals surface area (Å²) in [6.45, 7) is 6.17. The molecule has 0 atom stereocenters. The molecular formula is C29H37N3O2. The number of fused-ring (bicyclic) bond motifs is 1. The summed E-state index contributed by atoms with van der Waals surface area (Å²) in [6, 6.07) is 18.4.